The van der Waals surface area contributed by atoms with Crippen LogP contribution in [0.25, 0.3) is 6.08 Å². The molecule has 0 bridgehead atoms. The lowest BCUT2D eigenvalue weighted by Gasteiger charge is -2.34. The summed E-state index contributed by atoms with van der Waals surface area (Å²) >= 11 is 0. The van der Waals surface area contributed by atoms with Crippen molar-refractivity contribution >= 4 is 12.0 Å². The van der Waals surface area contributed by atoms with Gasteiger partial charge >= 0.3 is 0 Å². The largest absolute Gasteiger partial charge is 0.483 e. The van der Waals surface area contributed by atoms with Crippen LogP contribution < -0.4 is 10.1 Å². The normalized spacial score (nSPS) is 26.8. The first-order valence-corrected chi connectivity index (χ1v) is 9.42. The molecule has 5 heteroatoms. The van der Waals surface area contributed by atoms with Crippen LogP contribution in [-0.4, -0.2) is 67.1 Å². The number of nitrogens with one attached hydrogen (secondary N) is 1. The first-order valence-electron chi connectivity index (χ1n) is 9.42. The van der Waals surface area contributed by atoms with Crippen molar-refractivity contribution in [1.29, 1.82) is 0 Å². The van der Waals surface area contributed by atoms with Crippen LogP contribution in [0.3, 0.4) is 0 Å². The van der Waals surface area contributed by atoms with Crippen LogP contribution in [0.4, 0.5) is 0 Å². The monoisotopic (exact) mass is 341 g/mol. The standard InChI is InChI=1S/C20H27N3O2/c24-19(16-22-14-10-21-11-15-22)23-12-3-7-20(9-13-23)8-6-17-4-1-2-5-18(17)25-20/h1-2,4-6,8,21H,3,7,9-16H2. The van der Waals surface area contributed by atoms with E-state index in [0.29, 0.717) is 6.54 Å². The van der Waals surface area contributed by atoms with Gasteiger partial charge in [0.1, 0.15) is 11.4 Å². The number of ether oxygens (including phenoxy) is 1. The van der Waals surface area contributed by atoms with Crippen molar-refractivity contribution in [1.82, 2.24) is 15.1 Å². The van der Waals surface area contributed by atoms with Crippen LogP contribution >= 0.6 is 0 Å². The van der Waals surface area contributed by atoms with Crippen LogP contribution in [0.2, 0.25) is 0 Å². The highest BCUT2D eigenvalue weighted by Gasteiger charge is 2.35. The third-order valence-corrected chi connectivity index (χ3v) is 5.55. The maximum absolute atomic E-state index is 12.7. The lowest BCUT2D eigenvalue weighted by molar-refractivity contribution is -0.132. The van der Waals surface area contributed by atoms with E-state index in [9.17, 15) is 4.79 Å². The molecule has 1 aromatic carbocycles. The highest BCUT2D eigenvalue weighted by atomic mass is 16.5. The van der Waals surface area contributed by atoms with E-state index < -0.39 is 0 Å². The summed E-state index contributed by atoms with van der Waals surface area (Å²) < 4.78 is 6.37. The Hall–Kier alpha value is -1.85. The molecule has 0 aromatic heterocycles. The molecule has 1 spiro atoms. The molecule has 0 radical (unpaired) electrons. The van der Waals surface area contributed by atoms with Crippen molar-refractivity contribution in [3.05, 3.63) is 35.9 Å². The quantitative estimate of drug-likeness (QED) is 0.890. The Morgan fingerprint density at radius 1 is 1.12 bits per heavy atom. The molecule has 1 atom stereocenters. The lowest BCUT2D eigenvalue weighted by Crippen LogP contribution is -2.48. The molecule has 2 fully saturated rings. The summed E-state index contributed by atoms with van der Waals surface area (Å²) in [6.45, 7) is 6.05. The Balaban J connectivity index is 1.38. The average molecular weight is 341 g/mol. The number of hydrogen-bond donors (Lipinski definition) is 1. The maximum atomic E-state index is 12.7. The molecule has 1 amide bonds. The fraction of sp³-hybridized carbons (Fsp3) is 0.550. The summed E-state index contributed by atoms with van der Waals surface area (Å²) in [6.07, 6.45) is 7.21. The Morgan fingerprint density at radius 3 is 2.84 bits per heavy atom. The van der Waals surface area contributed by atoms with Gasteiger partial charge in [-0.05, 0) is 25.0 Å². The molecule has 134 valence electrons. The van der Waals surface area contributed by atoms with E-state index in [1.807, 2.05) is 23.1 Å². The van der Waals surface area contributed by atoms with E-state index in [1.54, 1.807) is 0 Å². The van der Waals surface area contributed by atoms with Crippen molar-refractivity contribution in [3.63, 3.8) is 0 Å². The third kappa shape index (κ3) is 3.72. The Bertz CT molecular complexity index is 654. The Morgan fingerprint density at radius 2 is 1.96 bits per heavy atom. The molecule has 1 aromatic rings. The van der Waals surface area contributed by atoms with Crippen molar-refractivity contribution in [2.24, 2.45) is 0 Å². The fourth-order valence-electron chi connectivity index (χ4n) is 4.01. The number of benzene rings is 1. The van der Waals surface area contributed by atoms with Crippen LogP contribution in [0.1, 0.15) is 24.8 Å². The number of amides is 1. The average Bonchev–Trinajstić information content (AvgIpc) is 2.85. The van der Waals surface area contributed by atoms with Crippen LogP contribution in [0.5, 0.6) is 5.75 Å². The molecule has 5 nitrogen and oxygen atoms in total. The summed E-state index contributed by atoms with van der Waals surface area (Å²) in [6, 6.07) is 8.18. The number of hydrogen-bond acceptors (Lipinski definition) is 4. The molecule has 1 N–H and O–H groups in total. The van der Waals surface area contributed by atoms with Crippen molar-refractivity contribution < 1.29 is 9.53 Å². The van der Waals surface area contributed by atoms with Gasteiger partial charge in [-0.25, -0.2) is 0 Å². The molecule has 3 aliphatic heterocycles. The number of para-hydroxylation sites is 1. The molecule has 3 aliphatic rings. The molecule has 2 saturated heterocycles. The number of fused-ring (bicyclic) bond motifs is 1. The van der Waals surface area contributed by atoms with Gasteiger partial charge in [0.15, 0.2) is 0 Å². The molecule has 4 rings (SSSR count). The molecule has 25 heavy (non-hydrogen) atoms. The van der Waals surface area contributed by atoms with E-state index in [0.717, 1.165) is 69.8 Å². The maximum Gasteiger partial charge on any atom is 0.236 e. The van der Waals surface area contributed by atoms with E-state index in [2.05, 4.69) is 28.4 Å². The predicted octanol–water partition coefficient (Wildman–Crippen LogP) is 1.75. The lowest BCUT2D eigenvalue weighted by atomic mass is 9.91. The molecule has 3 heterocycles. The second kappa shape index (κ2) is 7.18. The first-order chi connectivity index (χ1) is 12.2. The molecule has 0 saturated carbocycles. The van der Waals surface area contributed by atoms with Crippen LogP contribution in [0.15, 0.2) is 30.3 Å². The number of piperazine rings is 1. The van der Waals surface area contributed by atoms with E-state index in [1.165, 1.54) is 0 Å². The number of likely N-dealkylation sites (tertiary alicyclic amines) is 1. The number of nitrogens with zero attached hydrogens (tertiary/aromatic N) is 2. The zero-order valence-corrected chi connectivity index (χ0v) is 14.7. The van der Waals surface area contributed by atoms with Crippen LogP contribution in [0, 0.1) is 0 Å². The van der Waals surface area contributed by atoms with E-state index in [4.69, 9.17) is 4.74 Å². The van der Waals surface area contributed by atoms with Crippen molar-refractivity contribution in [3.8, 4) is 5.75 Å². The zero-order valence-electron chi connectivity index (χ0n) is 14.7. The topological polar surface area (TPSA) is 44.8 Å². The summed E-state index contributed by atoms with van der Waals surface area (Å²) in [5, 5.41) is 3.33. The Kier molecular flexibility index (Phi) is 4.77. The first kappa shape index (κ1) is 16.6. The van der Waals surface area contributed by atoms with Gasteiger partial charge in [-0.3, -0.25) is 9.69 Å². The minimum atomic E-state index is -0.252. The smallest absolute Gasteiger partial charge is 0.236 e. The zero-order chi connectivity index (χ0) is 17.1. The number of carbonyl (C=O) groups is 1. The fourth-order valence-corrected chi connectivity index (χ4v) is 4.01. The van der Waals surface area contributed by atoms with Gasteiger partial charge in [0, 0.05) is 51.3 Å². The highest BCUT2D eigenvalue weighted by Crippen LogP contribution is 2.36. The van der Waals surface area contributed by atoms with Crippen molar-refractivity contribution in [2.75, 3.05) is 45.8 Å². The molecular weight excluding hydrogens is 314 g/mol. The van der Waals surface area contributed by atoms with Gasteiger partial charge < -0.3 is 15.0 Å². The van der Waals surface area contributed by atoms with Gasteiger partial charge in [0.25, 0.3) is 0 Å². The van der Waals surface area contributed by atoms with Crippen LogP contribution in [-0.2, 0) is 4.79 Å². The summed E-state index contributed by atoms with van der Waals surface area (Å²) in [5.41, 5.74) is 0.891. The number of rotatable bonds is 2. The molecule has 1 unspecified atom stereocenters. The number of carbonyl (C=O) groups excluding carboxylic acids is 1. The van der Waals surface area contributed by atoms with Gasteiger partial charge in [-0.15, -0.1) is 0 Å². The second-order valence-corrected chi connectivity index (χ2v) is 7.30. The minimum Gasteiger partial charge on any atom is -0.483 e. The Labute approximate surface area is 149 Å². The van der Waals surface area contributed by atoms with Gasteiger partial charge in [-0.2, -0.15) is 0 Å². The van der Waals surface area contributed by atoms with E-state index in [-0.39, 0.29) is 11.5 Å². The van der Waals surface area contributed by atoms with E-state index >= 15 is 0 Å². The van der Waals surface area contributed by atoms with Gasteiger partial charge in [0.05, 0.1) is 6.54 Å². The van der Waals surface area contributed by atoms with Crippen molar-refractivity contribution in [2.45, 2.75) is 24.9 Å². The predicted molar refractivity (Wildman–Crippen MR) is 98.6 cm³/mol. The summed E-state index contributed by atoms with van der Waals surface area (Å²) in [7, 11) is 0. The SMILES string of the molecule is O=C(CN1CCNCC1)N1CCCC2(C=Cc3ccccc3O2)CC1. The third-order valence-electron chi connectivity index (χ3n) is 5.55. The van der Waals surface area contributed by atoms with Gasteiger partial charge in [-0.1, -0.05) is 24.3 Å². The molecular formula is C20H27N3O2. The second-order valence-electron chi connectivity index (χ2n) is 7.30. The summed E-state index contributed by atoms with van der Waals surface area (Å²) in [5.74, 6) is 1.23. The minimum absolute atomic E-state index is 0.252. The van der Waals surface area contributed by atoms with Gasteiger partial charge in [0.2, 0.25) is 5.91 Å². The highest BCUT2D eigenvalue weighted by molar-refractivity contribution is 5.78. The summed E-state index contributed by atoms with van der Waals surface area (Å²) in [4.78, 5) is 17.0. The molecule has 0 aliphatic carbocycles.